The number of ketones is 1. The molecule has 0 aromatic carbocycles. The Labute approximate surface area is 317 Å². The molecule has 0 amide bonds. The van der Waals surface area contributed by atoms with Crippen LogP contribution in [0, 0.1) is 17.8 Å². The number of carbonyl (C=O) groups excluding carboxylic acids is 3. The number of aliphatic hydroxyl groups excluding tert-OH is 3. The van der Waals surface area contributed by atoms with Crippen molar-refractivity contribution < 1.29 is 39.2 Å². The van der Waals surface area contributed by atoms with E-state index in [1.807, 2.05) is 12.2 Å². The second-order valence-electron chi connectivity index (χ2n) is 15.5. The van der Waals surface area contributed by atoms with E-state index in [-0.39, 0.29) is 49.6 Å². The Balaban J connectivity index is 2.00. The summed E-state index contributed by atoms with van der Waals surface area (Å²) in [6.07, 6.45) is 31.6. The van der Waals surface area contributed by atoms with Gasteiger partial charge in [-0.15, -0.1) is 0 Å². The predicted molar refractivity (Wildman–Crippen MR) is 211 cm³/mol. The minimum atomic E-state index is -1.05. The number of Topliss-reactive ketones (excluding diaryl/α,β-unsaturated/α-hetero) is 1. The maximum Gasteiger partial charge on any atom is 0.305 e. The molecule has 0 spiro atoms. The van der Waals surface area contributed by atoms with E-state index in [9.17, 15) is 29.7 Å². The van der Waals surface area contributed by atoms with E-state index in [1.54, 1.807) is 12.2 Å². The summed E-state index contributed by atoms with van der Waals surface area (Å²) in [5.74, 6) is -0.442. The molecule has 0 aliphatic heterocycles. The van der Waals surface area contributed by atoms with E-state index in [2.05, 4.69) is 20.8 Å². The summed E-state index contributed by atoms with van der Waals surface area (Å²) in [5.41, 5.74) is 0. The molecule has 0 aromatic rings. The lowest BCUT2D eigenvalue weighted by atomic mass is 9.90. The Morgan fingerprint density at radius 1 is 0.731 bits per heavy atom. The van der Waals surface area contributed by atoms with Gasteiger partial charge in [0.25, 0.3) is 0 Å². The van der Waals surface area contributed by atoms with Crippen LogP contribution in [0.1, 0.15) is 188 Å². The van der Waals surface area contributed by atoms with E-state index >= 15 is 0 Å². The molecule has 0 heterocycles. The Kier molecular flexibility index (Phi) is 29.9. The number of esters is 2. The lowest BCUT2D eigenvalue weighted by Gasteiger charge is -2.16. The SMILES string of the molecule is CCCCC[C@H](O)/C=C/[C@H]1[C@H](O)CC(=O)[C@@H]1C/C=C\CCCC(=O)OC[C@H](O)COC(=O)CCCCCCCCCCCCCCCCC(C)CC. The van der Waals surface area contributed by atoms with Gasteiger partial charge in [0.2, 0.25) is 0 Å². The highest BCUT2D eigenvalue weighted by Gasteiger charge is 2.39. The molecule has 6 atom stereocenters. The number of rotatable bonds is 34. The van der Waals surface area contributed by atoms with E-state index < -0.39 is 24.3 Å². The standard InChI is InChI=1S/C44H78O8/c1-4-6-21-27-37(45)31-32-40-39(41(47)33-42(40)48)28-23-19-20-25-30-44(50)52-35-38(46)34-51-43(49)29-24-18-16-14-12-10-8-7-9-11-13-15-17-22-26-36(3)5-2/h19,23,31-32,36-40,42,45-46,48H,4-18,20-22,24-30,33-35H2,1-3H3/b23-19-,32-31+/t36?,37-,38+,39+,40+,42+/m0/s1. The van der Waals surface area contributed by atoms with Crippen LogP contribution in [0.5, 0.6) is 0 Å². The van der Waals surface area contributed by atoms with Crippen molar-refractivity contribution in [3.63, 3.8) is 0 Å². The predicted octanol–water partition coefficient (Wildman–Crippen LogP) is 9.90. The van der Waals surface area contributed by atoms with Crippen molar-refractivity contribution in [1.82, 2.24) is 0 Å². The van der Waals surface area contributed by atoms with Crippen LogP contribution < -0.4 is 0 Å². The van der Waals surface area contributed by atoms with Crippen LogP contribution in [-0.4, -0.2) is 64.6 Å². The summed E-state index contributed by atoms with van der Waals surface area (Å²) >= 11 is 0. The minimum absolute atomic E-state index is 0.0327. The Morgan fingerprint density at radius 2 is 1.25 bits per heavy atom. The highest BCUT2D eigenvalue weighted by Crippen LogP contribution is 2.33. The number of unbranched alkanes of at least 4 members (excludes halogenated alkanes) is 16. The number of ether oxygens (including phenoxy) is 2. The van der Waals surface area contributed by atoms with Crippen LogP contribution in [0.2, 0.25) is 0 Å². The largest absolute Gasteiger partial charge is 0.463 e. The van der Waals surface area contributed by atoms with E-state index in [0.29, 0.717) is 32.1 Å². The van der Waals surface area contributed by atoms with Crippen molar-refractivity contribution >= 4 is 17.7 Å². The number of carbonyl (C=O) groups is 3. The zero-order chi connectivity index (χ0) is 38.2. The van der Waals surface area contributed by atoms with Crippen molar-refractivity contribution in [3.8, 4) is 0 Å². The third kappa shape index (κ3) is 25.9. The summed E-state index contributed by atoms with van der Waals surface area (Å²) in [4.78, 5) is 36.6. The summed E-state index contributed by atoms with van der Waals surface area (Å²) in [7, 11) is 0. The zero-order valence-electron chi connectivity index (χ0n) is 33.5. The molecule has 1 fully saturated rings. The van der Waals surface area contributed by atoms with Gasteiger partial charge in [-0.2, -0.15) is 0 Å². The van der Waals surface area contributed by atoms with Crippen LogP contribution in [-0.2, 0) is 23.9 Å². The first-order valence-corrected chi connectivity index (χ1v) is 21.4. The van der Waals surface area contributed by atoms with E-state index in [4.69, 9.17) is 9.47 Å². The van der Waals surface area contributed by atoms with Gasteiger partial charge < -0.3 is 24.8 Å². The van der Waals surface area contributed by atoms with Gasteiger partial charge in [-0.25, -0.2) is 0 Å². The summed E-state index contributed by atoms with van der Waals surface area (Å²) in [6, 6.07) is 0. The normalized spacial score (nSPS) is 19.4. The lowest BCUT2D eigenvalue weighted by molar-refractivity contribution is -0.152. The molecule has 1 aliphatic carbocycles. The fourth-order valence-electron chi connectivity index (χ4n) is 6.87. The molecule has 302 valence electrons. The molecule has 1 aliphatic rings. The molecule has 8 heteroatoms. The molecule has 0 radical (unpaired) electrons. The van der Waals surface area contributed by atoms with Crippen molar-refractivity contribution in [2.75, 3.05) is 13.2 Å². The van der Waals surface area contributed by atoms with Crippen LogP contribution >= 0.6 is 0 Å². The first kappa shape index (κ1) is 48.0. The van der Waals surface area contributed by atoms with Crippen molar-refractivity contribution in [3.05, 3.63) is 24.3 Å². The smallest absolute Gasteiger partial charge is 0.305 e. The van der Waals surface area contributed by atoms with Crippen LogP contribution in [0.25, 0.3) is 0 Å². The Morgan fingerprint density at radius 3 is 1.81 bits per heavy atom. The van der Waals surface area contributed by atoms with Gasteiger partial charge in [-0.1, -0.05) is 161 Å². The quantitative estimate of drug-likeness (QED) is 0.0338. The number of aliphatic hydroxyl groups is 3. The van der Waals surface area contributed by atoms with Gasteiger partial charge in [-0.05, 0) is 38.0 Å². The second kappa shape index (κ2) is 32.4. The molecule has 3 N–H and O–H groups in total. The van der Waals surface area contributed by atoms with Crippen LogP contribution in [0.4, 0.5) is 0 Å². The summed E-state index contributed by atoms with van der Waals surface area (Å²) < 4.78 is 10.3. The van der Waals surface area contributed by atoms with Crippen LogP contribution in [0.15, 0.2) is 24.3 Å². The average Bonchev–Trinajstić information content (AvgIpc) is 3.40. The van der Waals surface area contributed by atoms with Crippen molar-refractivity contribution in [2.45, 2.75) is 206 Å². The second-order valence-corrected chi connectivity index (χ2v) is 15.5. The molecule has 0 bridgehead atoms. The third-order valence-electron chi connectivity index (χ3n) is 10.6. The molecule has 1 saturated carbocycles. The van der Waals surface area contributed by atoms with Crippen molar-refractivity contribution in [2.24, 2.45) is 17.8 Å². The summed E-state index contributed by atoms with van der Waals surface area (Å²) in [5, 5.41) is 30.6. The lowest BCUT2D eigenvalue weighted by Crippen LogP contribution is -2.25. The van der Waals surface area contributed by atoms with Gasteiger partial charge in [-0.3, -0.25) is 14.4 Å². The zero-order valence-corrected chi connectivity index (χ0v) is 33.5. The topological polar surface area (TPSA) is 130 Å². The molecule has 1 unspecified atom stereocenters. The van der Waals surface area contributed by atoms with Gasteiger partial charge in [0.15, 0.2) is 0 Å². The van der Waals surface area contributed by atoms with Gasteiger partial charge >= 0.3 is 11.9 Å². The average molecular weight is 735 g/mol. The highest BCUT2D eigenvalue weighted by molar-refractivity contribution is 5.84. The van der Waals surface area contributed by atoms with Gasteiger partial charge in [0.05, 0.1) is 12.2 Å². The maximum atomic E-state index is 12.4. The van der Waals surface area contributed by atoms with Crippen LogP contribution in [0.3, 0.4) is 0 Å². The Hall–Kier alpha value is -2.03. The number of hydrogen-bond donors (Lipinski definition) is 3. The molecule has 0 aromatic heterocycles. The third-order valence-corrected chi connectivity index (χ3v) is 10.6. The van der Waals surface area contributed by atoms with E-state index in [0.717, 1.165) is 44.4 Å². The first-order chi connectivity index (χ1) is 25.2. The monoisotopic (exact) mass is 735 g/mol. The fourth-order valence-corrected chi connectivity index (χ4v) is 6.87. The molecular weight excluding hydrogens is 656 g/mol. The van der Waals surface area contributed by atoms with E-state index in [1.165, 1.54) is 83.5 Å². The van der Waals surface area contributed by atoms with Crippen molar-refractivity contribution in [1.29, 1.82) is 0 Å². The summed E-state index contributed by atoms with van der Waals surface area (Å²) in [6.45, 7) is 6.36. The highest BCUT2D eigenvalue weighted by atomic mass is 16.6. The first-order valence-electron chi connectivity index (χ1n) is 21.4. The number of allylic oxidation sites excluding steroid dienone is 2. The molecular formula is C44H78O8. The minimum Gasteiger partial charge on any atom is -0.463 e. The molecule has 8 nitrogen and oxygen atoms in total. The van der Waals surface area contributed by atoms with Gasteiger partial charge in [0.1, 0.15) is 25.1 Å². The maximum absolute atomic E-state index is 12.4. The molecule has 0 saturated heterocycles. The van der Waals surface area contributed by atoms with Gasteiger partial charge in [0, 0.05) is 31.1 Å². The Bertz CT molecular complexity index is 962. The molecule has 1 rings (SSSR count). The molecule has 52 heavy (non-hydrogen) atoms. The number of hydrogen-bond acceptors (Lipinski definition) is 8. The fraction of sp³-hybridized carbons (Fsp3) is 0.841.